The predicted octanol–water partition coefficient (Wildman–Crippen LogP) is 7.96. The molecule has 0 aromatic heterocycles. The first-order valence-electron chi connectivity index (χ1n) is 15.2. The average molecular weight is 658 g/mol. The minimum Gasteiger partial charge on any atom is -0.497 e. The van der Waals surface area contributed by atoms with Crippen molar-refractivity contribution in [3.05, 3.63) is 150 Å². The Bertz CT molecular complexity index is 1860. The molecule has 3 amide bonds. The number of rotatable bonds is 12. The lowest BCUT2D eigenvalue weighted by Crippen LogP contribution is -2.32. The van der Waals surface area contributed by atoms with Gasteiger partial charge in [-0.15, -0.1) is 11.8 Å². The van der Waals surface area contributed by atoms with E-state index in [-0.39, 0.29) is 11.6 Å². The number of nitrogens with zero attached hydrogens (tertiary/aromatic N) is 1. The molecule has 0 radical (unpaired) electrons. The van der Waals surface area contributed by atoms with Gasteiger partial charge in [0, 0.05) is 39.2 Å². The van der Waals surface area contributed by atoms with Crippen LogP contribution in [0.2, 0.25) is 0 Å². The van der Waals surface area contributed by atoms with Crippen molar-refractivity contribution < 1.29 is 23.9 Å². The molecule has 0 saturated carbocycles. The number of para-hydroxylation sites is 2. The molecule has 8 nitrogen and oxygen atoms in total. The maximum Gasteiger partial charge on any atom is 0.272 e. The second kappa shape index (κ2) is 16.2. The zero-order valence-corrected chi connectivity index (χ0v) is 27.6. The number of methoxy groups -OCH3 is 2. The summed E-state index contributed by atoms with van der Waals surface area (Å²) in [6, 6.07) is 40.1. The van der Waals surface area contributed by atoms with Crippen LogP contribution in [0.4, 0.5) is 17.1 Å². The van der Waals surface area contributed by atoms with Gasteiger partial charge in [0.1, 0.15) is 17.2 Å². The third-order valence-corrected chi connectivity index (χ3v) is 8.35. The SMILES string of the molecule is COc1ccc(/C=C(/NC(=O)c2ccccc2)C(=O)Nc2cccc(SC(C)C(=O)N(c3ccccc3)c3ccccc3)c2)c(OC)c1. The Hall–Kier alpha value is -5.80. The van der Waals surface area contributed by atoms with Crippen molar-refractivity contribution >= 4 is 52.6 Å². The molecule has 0 saturated heterocycles. The average Bonchev–Trinajstić information content (AvgIpc) is 3.12. The summed E-state index contributed by atoms with van der Waals surface area (Å²) in [6.45, 7) is 1.86. The fourth-order valence-corrected chi connectivity index (χ4v) is 5.84. The van der Waals surface area contributed by atoms with Crippen LogP contribution in [0.25, 0.3) is 6.08 Å². The Morgan fingerprint density at radius 1 is 0.729 bits per heavy atom. The molecule has 1 atom stereocenters. The third-order valence-electron chi connectivity index (χ3n) is 7.27. The lowest BCUT2D eigenvalue weighted by atomic mass is 10.1. The number of thioether (sulfide) groups is 1. The molecule has 0 spiro atoms. The van der Waals surface area contributed by atoms with E-state index >= 15 is 0 Å². The maximum atomic E-state index is 13.9. The van der Waals surface area contributed by atoms with E-state index in [1.54, 1.807) is 78.7 Å². The van der Waals surface area contributed by atoms with Gasteiger partial charge in [-0.3, -0.25) is 19.3 Å². The number of benzene rings is 5. The van der Waals surface area contributed by atoms with Crippen LogP contribution < -0.4 is 25.0 Å². The highest BCUT2D eigenvalue weighted by Gasteiger charge is 2.25. The van der Waals surface area contributed by atoms with Gasteiger partial charge in [-0.25, -0.2) is 0 Å². The van der Waals surface area contributed by atoms with Gasteiger partial charge in [0.25, 0.3) is 11.8 Å². The summed E-state index contributed by atoms with van der Waals surface area (Å²) >= 11 is 1.38. The van der Waals surface area contributed by atoms with E-state index in [2.05, 4.69) is 10.6 Å². The van der Waals surface area contributed by atoms with Crippen molar-refractivity contribution in [2.75, 3.05) is 24.4 Å². The van der Waals surface area contributed by atoms with Crippen molar-refractivity contribution in [1.82, 2.24) is 5.32 Å². The third kappa shape index (κ3) is 8.51. The van der Waals surface area contributed by atoms with Crippen LogP contribution >= 0.6 is 11.8 Å². The highest BCUT2D eigenvalue weighted by molar-refractivity contribution is 8.00. The van der Waals surface area contributed by atoms with E-state index in [0.29, 0.717) is 28.3 Å². The molecule has 1 unspecified atom stereocenters. The summed E-state index contributed by atoms with van der Waals surface area (Å²) in [6.07, 6.45) is 1.55. The number of hydrogen-bond donors (Lipinski definition) is 2. The van der Waals surface area contributed by atoms with E-state index in [4.69, 9.17) is 9.47 Å². The highest BCUT2D eigenvalue weighted by Crippen LogP contribution is 2.32. The summed E-state index contributed by atoms with van der Waals surface area (Å²) < 4.78 is 10.8. The first-order chi connectivity index (χ1) is 23.4. The van der Waals surface area contributed by atoms with Gasteiger partial charge in [0.05, 0.1) is 19.5 Å². The van der Waals surface area contributed by atoms with Crippen LogP contribution in [0.1, 0.15) is 22.8 Å². The molecule has 9 heteroatoms. The smallest absolute Gasteiger partial charge is 0.272 e. The van der Waals surface area contributed by atoms with Crippen molar-refractivity contribution in [3.63, 3.8) is 0 Å². The first kappa shape index (κ1) is 33.6. The molecule has 5 aromatic carbocycles. The monoisotopic (exact) mass is 657 g/mol. The van der Waals surface area contributed by atoms with Gasteiger partial charge in [-0.05, 0) is 79.7 Å². The minimum absolute atomic E-state index is 0.00952. The molecule has 0 aliphatic carbocycles. The van der Waals surface area contributed by atoms with E-state index in [0.717, 1.165) is 16.3 Å². The number of anilines is 3. The minimum atomic E-state index is -0.539. The number of nitrogens with one attached hydrogen (secondary N) is 2. The number of amides is 3. The molecule has 0 aliphatic heterocycles. The molecule has 5 aromatic rings. The molecular weight excluding hydrogens is 623 g/mol. The lowest BCUT2D eigenvalue weighted by molar-refractivity contribution is -0.117. The first-order valence-corrected chi connectivity index (χ1v) is 16.1. The summed E-state index contributed by atoms with van der Waals surface area (Å²) in [5, 5.41) is 5.20. The zero-order chi connectivity index (χ0) is 33.9. The fraction of sp³-hybridized carbons (Fsp3) is 0.103. The standard InChI is InChI=1S/C39H35N3O5S/c1-27(39(45)42(31-17-9-5-10-18-31)32-19-11-6-12-20-32)48-34-21-13-16-30(25-34)40-38(44)35(41-37(43)28-14-7-4-8-15-28)24-29-22-23-33(46-2)26-36(29)47-3/h4-27H,1-3H3,(H,40,44)(H,41,43)/b35-24+. The summed E-state index contributed by atoms with van der Waals surface area (Å²) in [5.41, 5.74) is 3.01. The van der Waals surface area contributed by atoms with Crippen molar-refractivity contribution in [2.24, 2.45) is 0 Å². The van der Waals surface area contributed by atoms with Gasteiger partial charge in [-0.1, -0.05) is 60.7 Å². The summed E-state index contributed by atoms with van der Waals surface area (Å²) in [7, 11) is 3.07. The van der Waals surface area contributed by atoms with E-state index in [1.807, 2.05) is 79.7 Å². The lowest BCUT2D eigenvalue weighted by Gasteiger charge is -2.26. The molecular formula is C39H35N3O5S. The Morgan fingerprint density at radius 2 is 1.35 bits per heavy atom. The van der Waals surface area contributed by atoms with Crippen LogP contribution in [0.5, 0.6) is 11.5 Å². The van der Waals surface area contributed by atoms with Crippen LogP contribution in [0.3, 0.4) is 0 Å². The Morgan fingerprint density at radius 3 is 1.96 bits per heavy atom. The van der Waals surface area contributed by atoms with Gasteiger partial charge < -0.3 is 20.1 Å². The van der Waals surface area contributed by atoms with Crippen molar-refractivity contribution in [2.45, 2.75) is 17.1 Å². The van der Waals surface area contributed by atoms with Gasteiger partial charge in [-0.2, -0.15) is 0 Å². The largest absolute Gasteiger partial charge is 0.497 e. The number of carbonyl (C=O) groups excluding carboxylic acids is 3. The summed E-state index contributed by atoms with van der Waals surface area (Å²) in [5.74, 6) is -0.0221. The number of hydrogen-bond acceptors (Lipinski definition) is 6. The number of ether oxygens (including phenoxy) is 2. The van der Waals surface area contributed by atoms with Crippen molar-refractivity contribution in [1.29, 1.82) is 0 Å². The van der Waals surface area contributed by atoms with Crippen LogP contribution in [0, 0.1) is 0 Å². The molecule has 0 fully saturated rings. The topological polar surface area (TPSA) is 97.0 Å². The van der Waals surface area contributed by atoms with E-state index in [1.165, 1.54) is 18.9 Å². The quantitative estimate of drug-likeness (QED) is 0.104. The zero-order valence-electron chi connectivity index (χ0n) is 26.8. The molecule has 0 aliphatic rings. The van der Waals surface area contributed by atoms with E-state index < -0.39 is 17.1 Å². The normalized spacial score (nSPS) is 11.6. The molecule has 242 valence electrons. The number of carbonyl (C=O) groups is 3. The Balaban J connectivity index is 1.37. The molecule has 48 heavy (non-hydrogen) atoms. The van der Waals surface area contributed by atoms with Gasteiger partial charge in [0.15, 0.2) is 0 Å². The fourth-order valence-electron chi connectivity index (χ4n) is 4.88. The Labute approximate surface area is 284 Å². The van der Waals surface area contributed by atoms with Gasteiger partial charge >= 0.3 is 0 Å². The molecule has 0 heterocycles. The highest BCUT2D eigenvalue weighted by atomic mass is 32.2. The van der Waals surface area contributed by atoms with Crippen molar-refractivity contribution in [3.8, 4) is 11.5 Å². The van der Waals surface area contributed by atoms with Crippen LogP contribution in [0.15, 0.2) is 144 Å². The maximum absolute atomic E-state index is 13.9. The van der Waals surface area contributed by atoms with Crippen LogP contribution in [-0.2, 0) is 9.59 Å². The molecule has 5 rings (SSSR count). The Kier molecular flexibility index (Phi) is 11.3. The van der Waals surface area contributed by atoms with Crippen LogP contribution in [-0.4, -0.2) is 37.2 Å². The van der Waals surface area contributed by atoms with E-state index in [9.17, 15) is 14.4 Å². The summed E-state index contributed by atoms with van der Waals surface area (Å²) in [4.78, 5) is 43.2. The second-order valence-electron chi connectivity index (χ2n) is 10.6. The van der Waals surface area contributed by atoms with Gasteiger partial charge in [0.2, 0.25) is 5.91 Å². The molecule has 2 N–H and O–H groups in total. The molecule has 0 bridgehead atoms. The predicted molar refractivity (Wildman–Crippen MR) is 192 cm³/mol. The second-order valence-corrected chi connectivity index (χ2v) is 12.0.